The second-order valence-corrected chi connectivity index (χ2v) is 4.74. The van der Waals surface area contributed by atoms with Crippen LogP contribution in [0.3, 0.4) is 0 Å². The Morgan fingerprint density at radius 3 is 2.47 bits per heavy atom. The van der Waals surface area contributed by atoms with E-state index in [-0.39, 0.29) is 0 Å². The van der Waals surface area contributed by atoms with E-state index in [9.17, 15) is 0 Å². The van der Waals surface area contributed by atoms with Crippen LogP contribution in [0.5, 0.6) is 0 Å². The molecule has 0 fully saturated rings. The van der Waals surface area contributed by atoms with Gasteiger partial charge in [-0.15, -0.1) is 0 Å². The summed E-state index contributed by atoms with van der Waals surface area (Å²) in [5.74, 6) is 3.84. The summed E-state index contributed by atoms with van der Waals surface area (Å²) in [5, 5.41) is 6.57. The molecule has 0 saturated carbocycles. The van der Waals surface area contributed by atoms with Gasteiger partial charge in [-0.3, -0.25) is 0 Å². The molecular formula is C12H22N4S. The standard InChI is InChI=1S/C12H22N4S/c1-4-6-10-15-11(13-5-2)9-12(16-10)14-7-8-17-3/h9H,4-8H2,1-3H3,(H2,13,14,15,16). The summed E-state index contributed by atoms with van der Waals surface area (Å²) in [6.07, 6.45) is 4.10. The summed E-state index contributed by atoms with van der Waals surface area (Å²) >= 11 is 1.83. The van der Waals surface area contributed by atoms with Gasteiger partial charge in [0, 0.05) is 31.3 Å². The first-order valence-corrected chi connectivity index (χ1v) is 7.54. The molecule has 0 spiro atoms. The Labute approximate surface area is 108 Å². The molecule has 0 amide bonds. The van der Waals surface area contributed by atoms with Crippen molar-refractivity contribution >= 4 is 23.4 Å². The lowest BCUT2D eigenvalue weighted by Gasteiger charge is -2.09. The van der Waals surface area contributed by atoms with Gasteiger partial charge in [-0.25, -0.2) is 9.97 Å². The summed E-state index contributed by atoms with van der Waals surface area (Å²) in [7, 11) is 0. The SMILES string of the molecule is CCCc1nc(NCC)cc(NCCSC)n1. The summed E-state index contributed by atoms with van der Waals surface area (Å²) in [5.41, 5.74) is 0. The first-order chi connectivity index (χ1) is 8.30. The Kier molecular flexibility index (Phi) is 6.77. The van der Waals surface area contributed by atoms with Crippen molar-refractivity contribution in [1.29, 1.82) is 0 Å². The molecular weight excluding hydrogens is 232 g/mol. The van der Waals surface area contributed by atoms with Gasteiger partial charge >= 0.3 is 0 Å². The van der Waals surface area contributed by atoms with Crippen molar-refractivity contribution in [2.45, 2.75) is 26.7 Å². The van der Waals surface area contributed by atoms with E-state index in [4.69, 9.17) is 0 Å². The van der Waals surface area contributed by atoms with Crippen molar-refractivity contribution in [3.8, 4) is 0 Å². The molecule has 0 radical (unpaired) electrons. The Morgan fingerprint density at radius 2 is 1.88 bits per heavy atom. The van der Waals surface area contributed by atoms with E-state index in [2.05, 4.69) is 40.7 Å². The maximum absolute atomic E-state index is 4.51. The summed E-state index contributed by atoms with van der Waals surface area (Å²) in [6, 6.07) is 1.98. The highest BCUT2D eigenvalue weighted by atomic mass is 32.2. The van der Waals surface area contributed by atoms with E-state index in [0.717, 1.165) is 49.1 Å². The Morgan fingerprint density at radius 1 is 1.18 bits per heavy atom. The van der Waals surface area contributed by atoms with Gasteiger partial charge in [-0.05, 0) is 19.6 Å². The molecule has 17 heavy (non-hydrogen) atoms. The van der Waals surface area contributed by atoms with E-state index in [1.54, 1.807) is 0 Å². The van der Waals surface area contributed by atoms with Gasteiger partial charge in [0.2, 0.25) is 0 Å². The molecule has 0 unspecified atom stereocenters. The minimum atomic E-state index is 0.882. The molecule has 0 atom stereocenters. The van der Waals surface area contributed by atoms with E-state index >= 15 is 0 Å². The zero-order chi connectivity index (χ0) is 12.5. The van der Waals surface area contributed by atoms with E-state index in [1.165, 1.54) is 0 Å². The van der Waals surface area contributed by atoms with Gasteiger partial charge < -0.3 is 10.6 Å². The fraction of sp³-hybridized carbons (Fsp3) is 0.667. The molecule has 0 aliphatic heterocycles. The number of aryl methyl sites for hydroxylation is 1. The van der Waals surface area contributed by atoms with Crippen molar-refractivity contribution in [2.75, 3.05) is 35.7 Å². The third kappa shape index (κ3) is 5.26. The van der Waals surface area contributed by atoms with Gasteiger partial charge in [0.1, 0.15) is 17.5 Å². The second kappa shape index (κ2) is 8.17. The number of hydrogen-bond acceptors (Lipinski definition) is 5. The monoisotopic (exact) mass is 254 g/mol. The predicted molar refractivity (Wildman–Crippen MR) is 77.1 cm³/mol. The largest absolute Gasteiger partial charge is 0.370 e. The maximum atomic E-state index is 4.51. The lowest BCUT2D eigenvalue weighted by molar-refractivity contribution is 0.835. The Hall–Kier alpha value is -0.970. The summed E-state index contributed by atoms with van der Waals surface area (Å²) in [4.78, 5) is 8.98. The molecule has 4 nitrogen and oxygen atoms in total. The first-order valence-electron chi connectivity index (χ1n) is 6.14. The van der Waals surface area contributed by atoms with Crippen molar-refractivity contribution in [3.63, 3.8) is 0 Å². The van der Waals surface area contributed by atoms with Gasteiger partial charge in [0.05, 0.1) is 0 Å². The summed E-state index contributed by atoms with van der Waals surface area (Å²) in [6.45, 7) is 6.04. The first kappa shape index (κ1) is 14.1. The highest BCUT2D eigenvalue weighted by Crippen LogP contribution is 2.12. The molecule has 1 heterocycles. The van der Waals surface area contributed by atoms with Gasteiger partial charge in [-0.1, -0.05) is 6.92 Å². The Bertz CT molecular complexity index is 306. The normalized spacial score (nSPS) is 10.3. The van der Waals surface area contributed by atoms with E-state index in [0.29, 0.717) is 0 Å². The quantitative estimate of drug-likeness (QED) is 0.698. The minimum absolute atomic E-state index is 0.882. The Balaban J connectivity index is 2.72. The van der Waals surface area contributed by atoms with Crippen LogP contribution in [-0.2, 0) is 6.42 Å². The van der Waals surface area contributed by atoms with Crippen molar-refractivity contribution in [3.05, 3.63) is 11.9 Å². The average molecular weight is 254 g/mol. The number of anilines is 2. The van der Waals surface area contributed by atoms with Crippen LogP contribution in [-0.4, -0.2) is 35.1 Å². The molecule has 0 aromatic carbocycles. The lowest BCUT2D eigenvalue weighted by atomic mass is 10.3. The molecule has 2 N–H and O–H groups in total. The molecule has 0 saturated heterocycles. The molecule has 96 valence electrons. The van der Waals surface area contributed by atoms with Crippen LogP contribution in [0.2, 0.25) is 0 Å². The highest BCUT2D eigenvalue weighted by molar-refractivity contribution is 7.98. The zero-order valence-electron chi connectivity index (χ0n) is 10.9. The fourth-order valence-corrected chi connectivity index (χ4v) is 1.78. The van der Waals surface area contributed by atoms with Crippen LogP contribution in [0.4, 0.5) is 11.6 Å². The van der Waals surface area contributed by atoms with Crippen LogP contribution >= 0.6 is 11.8 Å². The van der Waals surface area contributed by atoms with Crippen molar-refractivity contribution < 1.29 is 0 Å². The fourth-order valence-electron chi connectivity index (χ4n) is 1.48. The predicted octanol–water partition coefficient (Wildman–Crippen LogP) is 2.64. The minimum Gasteiger partial charge on any atom is -0.370 e. The van der Waals surface area contributed by atoms with Crippen LogP contribution in [0.15, 0.2) is 6.07 Å². The molecule has 0 aliphatic rings. The van der Waals surface area contributed by atoms with Crippen LogP contribution < -0.4 is 10.6 Å². The third-order valence-corrected chi connectivity index (χ3v) is 2.83. The number of rotatable bonds is 8. The molecule has 1 aromatic heterocycles. The topological polar surface area (TPSA) is 49.8 Å². The zero-order valence-corrected chi connectivity index (χ0v) is 11.7. The lowest BCUT2D eigenvalue weighted by Crippen LogP contribution is -2.10. The maximum Gasteiger partial charge on any atom is 0.133 e. The molecule has 0 aliphatic carbocycles. The van der Waals surface area contributed by atoms with Gasteiger partial charge in [0.15, 0.2) is 0 Å². The molecule has 5 heteroatoms. The molecule has 1 aromatic rings. The molecule has 0 bridgehead atoms. The van der Waals surface area contributed by atoms with Gasteiger partial charge in [0.25, 0.3) is 0 Å². The van der Waals surface area contributed by atoms with Crippen LogP contribution in [0.1, 0.15) is 26.1 Å². The number of nitrogens with zero attached hydrogens (tertiary/aromatic N) is 2. The van der Waals surface area contributed by atoms with Crippen LogP contribution in [0, 0.1) is 0 Å². The number of thioether (sulfide) groups is 1. The van der Waals surface area contributed by atoms with E-state index < -0.39 is 0 Å². The van der Waals surface area contributed by atoms with E-state index in [1.807, 2.05) is 17.8 Å². The van der Waals surface area contributed by atoms with Gasteiger partial charge in [-0.2, -0.15) is 11.8 Å². The van der Waals surface area contributed by atoms with Crippen molar-refractivity contribution in [1.82, 2.24) is 9.97 Å². The third-order valence-electron chi connectivity index (χ3n) is 2.22. The number of hydrogen-bond donors (Lipinski definition) is 2. The van der Waals surface area contributed by atoms with Crippen molar-refractivity contribution in [2.24, 2.45) is 0 Å². The molecule has 1 rings (SSSR count). The number of aromatic nitrogens is 2. The highest BCUT2D eigenvalue weighted by Gasteiger charge is 2.03. The summed E-state index contributed by atoms with van der Waals surface area (Å²) < 4.78 is 0. The second-order valence-electron chi connectivity index (χ2n) is 3.75. The van der Waals surface area contributed by atoms with Crippen LogP contribution in [0.25, 0.3) is 0 Å². The average Bonchev–Trinajstić information content (AvgIpc) is 2.30. The number of nitrogens with one attached hydrogen (secondary N) is 2. The smallest absolute Gasteiger partial charge is 0.133 e.